The van der Waals surface area contributed by atoms with Gasteiger partial charge in [0, 0.05) is 12.1 Å². The summed E-state index contributed by atoms with van der Waals surface area (Å²) >= 11 is 5.97. The van der Waals surface area contributed by atoms with Gasteiger partial charge in [-0.2, -0.15) is 0 Å². The van der Waals surface area contributed by atoms with Crippen molar-refractivity contribution < 1.29 is 0 Å². The lowest BCUT2D eigenvalue weighted by molar-refractivity contribution is 0.652. The molecule has 1 aromatic carbocycles. The molecule has 0 bridgehead atoms. The van der Waals surface area contributed by atoms with E-state index in [1.165, 1.54) is 11.9 Å². The Labute approximate surface area is 131 Å². The number of hydrogen-bond acceptors (Lipinski definition) is 2. The van der Waals surface area contributed by atoms with Crippen LogP contribution in [-0.2, 0) is 6.42 Å². The third-order valence-corrected chi connectivity index (χ3v) is 3.96. The number of halogens is 1. The van der Waals surface area contributed by atoms with Crippen LogP contribution in [0.3, 0.4) is 0 Å². The van der Waals surface area contributed by atoms with E-state index < -0.39 is 0 Å². The molecule has 0 amide bonds. The van der Waals surface area contributed by atoms with Gasteiger partial charge in [0.1, 0.15) is 5.84 Å². The summed E-state index contributed by atoms with van der Waals surface area (Å²) in [6.07, 6.45) is 9.38. The number of rotatable bonds is 4. The third-order valence-electron chi connectivity index (χ3n) is 3.68. The van der Waals surface area contributed by atoms with Crippen LogP contribution in [0.5, 0.6) is 0 Å². The fourth-order valence-electron chi connectivity index (χ4n) is 2.44. The van der Waals surface area contributed by atoms with Crippen LogP contribution in [0.15, 0.2) is 52.5 Å². The second-order valence-electron chi connectivity index (χ2n) is 5.05. The Morgan fingerprint density at radius 3 is 2.86 bits per heavy atom. The maximum Gasteiger partial charge on any atom is 0.105 e. The normalized spacial score (nSPS) is 18.3. The van der Waals surface area contributed by atoms with Gasteiger partial charge in [0.05, 0.1) is 12.0 Å². The molecule has 1 unspecified atom stereocenters. The number of nitrogens with one attached hydrogen (secondary N) is 1. The van der Waals surface area contributed by atoms with Crippen molar-refractivity contribution in [1.82, 2.24) is 0 Å². The molecule has 4 heteroatoms. The molecular weight excluding hydrogens is 282 g/mol. The Morgan fingerprint density at radius 1 is 1.48 bits per heavy atom. The van der Waals surface area contributed by atoms with Gasteiger partial charge in [0.25, 0.3) is 0 Å². The molecule has 1 aromatic rings. The summed E-state index contributed by atoms with van der Waals surface area (Å²) in [6, 6.07) is 8.17. The highest BCUT2D eigenvalue weighted by Gasteiger charge is 2.15. The van der Waals surface area contributed by atoms with Crippen molar-refractivity contribution >= 4 is 29.5 Å². The Balaban J connectivity index is 2.25. The van der Waals surface area contributed by atoms with Gasteiger partial charge in [-0.1, -0.05) is 42.0 Å². The summed E-state index contributed by atoms with van der Waals surface area (Å²) < 4.78 is 0. The van der Waals surface area contributed by atoms with Crippen molar-refractivity contribution in [2.24, 2.45) is 10.9 Å². The quantitative estimate of drug-likeness (QED) is 0.650. The van der Waals surface area contributed by atoms with E-state index in [4.69, 9.17) is 17.0 Å². The Bertz CT molecular complexity index is 602. The van der Waals surface area contributed by atoms with Crippen LogP contribution in [0.1, 0.15) is 18.9 Å². The second-order valence-corrected chi connectivity index (χ2v) is 5.48. The zero-order chi connectivity index (χ0) is 15.2. The van der Waals surface area contributed by atoms with Gasteiger partial charge in [0.2, 0.25) is 0 Å². The number of aliphatic imine (C=N–C) groups is 1. The number of amidine groups is 1. The fourth-order valence-corrected chi connectivity index (χ4v) is 2.60. The van der Waals surface area contributed by atoms with Gasteiger partial charge < -0.3 is 0 Å². The molecule has 1 aliphatic rings. The standard InChI is InChI=1S/C17H20ClN3/c1-13(20-2)21(12-19)17-6-4-3-5-15(17)11-14-7-9-16(18)10-8-14/h3-7,9-10,12,14,19H,8,11H2,1-2H3. The molecule has 0 radical (unpaired) electrons. The number of nitrogens with zero attached hydrogens (tertiary/aromatic N) is 2. The van der Waals surface area contributed by atoms with E-state index in [0.717, 1.165) is 29.4 Å². The highest BCUT2D eigenvalue weighted by molar-refractivity contribution is 6.31. The van der Waals surface area contributed by atoms with Gasteiger partial charge in [-0.3, -0.25) is 15.3 Å². The lowest BCUT2D eigenvalue weighted by atomic mass is 9.92. The van der Waals surface area contributed by atoms with Crippen LogP contribution in [0.4, 0.5) is 5.69 Å². The minimum absolute atomic E-state index is 0.445. The highest BCUT2D eigenvalue weighted by atomic mass is 35.5. The lowest BCUT2D eigenvalue weighted by Crippen LogP contribution is -2.27. The zero-order valence-electron chi connectivity index (χ0n) is 12.4. The first-order chi connectivity index (χ1) is 10.2. The van der Waals surface area contributed by atoms with Crippen LogP contribution < -0.4 is 4.90 Å². The molecule has 0 saturated heterocycles. The average Bonchev–Trinajstić information content (AvgIpc) is 2.51. The van der Waals surface area contributed by atoms with E-state index in [1.54, 1.807) is 7.05 Å². The van der Waals surface area contributed by atoms with Gasteiger partial charge in [-0.25, -0.2) is 0 Å². The van der Waals surface area contributed by atoms with E-state index >= 15 is 0 Å². The monoisotopic (exact) mass is 301 g/mol. The fraction of sp³-hybridized carbons (Fsp3) is 0.294. The number of allylic oxidation sites excluding steroid dienone is 4. The predicted octanol–water partition coefficient (Wildman–Crippen LogP) is 4.39. The first kappa shape index (κ1) is 15.5. The SMILES string of the molecule is CN=C(C)N(C=N)c1ccccc1CC1C=CC(Cl)=CC1. The highest BCUT2D eigenvalue weighted by Crippen LogP contribution is 2.27. The van der Waals surface area contributed by atoms with Crippen molar-refractivity contribution in [2.45, 2.75) is 19.8 Å². The van der Waals surface area contributed by atoms with Crippen molar-refractivity contribution in [3.63, 3.8) is 0 Å². The Kier molecular flexibility index (Phi) is 5.34. The Hall–Kier alpha value is -1.87. The van der Waals surface area contributed by atoms with Gasteiger partial charge in [-0.15, -0.1) is 0 Å². The van der Waals surface area contributed by atoms with Crippen LogP contribution in [-0.4, -0.2) is 19.2 Å². The maximum absolute atomic E-state index is 7.65. The molecule has 0 spiro atoms. The number of benzene rings is 1. The van der Waals surface area contributed by atoms with Crippen LogP contribution in [0, 0.1) is 11.3 Å². The third kappa shape index (κ3) is 3.82. The predicted molar refractivity (Wildman–Crippen MR) is 91.6 cm³/mol. The molecule has 21 heavy (non-hydrogen) atoms. The van der Waals surface area contributed by atoms with Crippen LogP contribution in [0.2, 0.25) is 0 Å². The minimum atomic E-state index is 0.445. The first-order valence-corrected chi connectivity index (χ1v) is 7.38. The van der Waals surface area contributed by atoms with E-state index in [-0.39, 0.29) is 0 Å². The Morgan fingerprint density at radius 2 is 2.24 bits per heavy atom. The molecule has 0 fully saturated rings. The second kappa shape index (κ2) is 7.23. The summed E-state index contributed by atoms with van der Waals surface area (Å²) in [5.41, 5.74) is 2.23. The lowest BCUT2D eigenvalue weighted by Gasteiger charge is -2.23. The van der Waals surface area contributed by atoms with Gasteiger partial charge in [-0.05, 0) is 43.4 Å². The number of para-hydroxylation sites is 1. The zero-order valence-corrected chi connectivity index (χ0v) is 13.1. The van der Waals surface area contributed by atoms with Gasteiger partial charge in [0.15, 0.2) is 0 Å². The van der Waals surface area contributed by atoms with E-state index in [2.05, 4.69) is 23.2 Å². The molecule has 1 N–H and O–H groups in total. The molecule has 0 aromatic heterocycles. The molecule has 3 nitrogen and oxygen atoms in total. The topological polar surface area (TPSA) is 39.5 Å². The largest absolute Gasteiger partial charge is 0.291 e. The molecule has 0 heterocycles. The maximum atomic E-state index is 7.65. The summed E-state index contributed by atoms with van der Waals surface area (Å²) in [5, 5.41) is 8.47. The van der Waals surface area contributed by atoms with Crippen LogP contribution >= 0.6 is 11.6 Å². The van der Waals surface area contributed by atoms with E-state index in [9.17, 15) is 0 Å². The molecule has 0 saturated carbocycles. The van der Waals surface area contributed by atoms with E-state index in [0.29, 0.717) is 5.92 Å². The van der Waals surface area contributed by atoms with E-state index in [1.807, 2.05) is 36.1 Å². The van der Waals surface area contributed by atoms with Crippen molar-refractivity contribution in [3.05, 3.63) is 53.1 Å². The van der Waals surface area contributed by atoms with Crippen molar-refractivity contribution in [3.8, 4) is 0 Å². The number of anilines is 1. The molecule has 1 aliphatic carbocycles. The summed E-state index contributed by atoms with van der Waals surface area (Å²) in [5.74, 6) is 1.25. The summed E-state index contributed by atoms with van der Waals surface area (Å²) in [6.45, 7) is 1.91. The van der Waals surface area contributed by atoms with Gasteiger partial charge >= 0.3 is 0 Å². The summed E-state index contributed by atoms with van der Waals surface area (Å²) in [4.78, 5) is 5.99. The molecule has 110 valence electrons. The minimum Gasteiger partial charge on any atom is -0.291 e. The number of hydrogen-bond donors (Lipinski definition) is 1. The van der Waals surface area contributed by atoms with Crippen molar-refractivity contribution in [2.75, 3.05) is 11.9 Å². The first-order valence-electron chi connectivity index (χ1n) is 7.00. The average molecular weight is 302 g/mol. The molecule has 1 atom stereocenters. The van der Waals surface area contributed by atoms with Crippen LogP contribution in [0.25, 0.3) is 0 Å². The smallest absolute Gasteiger partial charge is 0.105 e. The summed E-state index contributed by atoms with van der Waals surface area (Å²) in [7, 11) is 1.74. The molecular formula is C17H20ClN3. The molecule has 2 rings (SSSR count). The van der Waals surface area contributed by atoms with Crippen molar-refractivity contribution in [1.29, 1.82) is 5.41 Å². The molecule has 0 aliphatic heterocycles.